The van der Waals surface area contributed by atoms with E-state index in [4.69, 9.17) is 0 Å². The van der Waals surface area contributed by atoms with Crippen molar-refractivity contribution in [1.82, 2.24) is 14.8 Å². The van der Waals surface area contributed by atoms with E-state index in [0.29, 0.717) is 17.3 Å². The van der Waals surface area contributed by atoms with Gasteiger partial charge in [0.2, 0.25) is 0 Å². The molecule has 0 saturated carbocycles. The summed E-state index contributed by atoms with van der Waals surface area (Å²) in [7, 11) is 0. The zero-order chi connectivity index (χ0) is 18.3. The molecule has 0 bridgehead atoms. The molecule has 2 aromatic carbocycles. The van der Waals surface area contributed by atoms with Gasteiger partial charge < -0.3 is 5.32 Å². The van der Waals surface area contributed by atoms with Crippen LogP contribution in [0.4, 0.5) is 10.1 Å². The van der Waals surface area contributed by atoms with Gasteiger partial charge in [-0.1, -0.05) is 26.0 Å². The molecular formula is C20H19FN4O. The summed E-state index contributed by atoms with van der Waals surface area (Å²) in [6.07, 6.45) is 0.731. The first-order chi connectivity index (χ1) is 12.5. The van der Waals surface area contributed by atoms with E-state index in [0.717, 1.165) is 17.7 Å². The number of benzene rings is 2. The van der Waals surface area contributed by atoms with Gasteiger partial charge in [-0.05, 0) is 48.7 Å². The summed E-state index contributed by atoms with van der Waals surface area (Å²) < 4.78 is 15.0. The monoisotopic (exact) mass is 350 g/mol. The largest absolute Gasteiger partial charge is 0.363 e. The molecule has 0 spiro atoms. The quantitative estimate of drug-likeness (QED) is 0.773. The number of nitrogens with one attached hydrogen (secondary N) is 1. The van der Waals surface area contributed by atoms with Gasteiger partial charge in [0.25, 0.3) is 5.56 Å². The molecule has 1 atom stereocenters. The molecule has 6 heteroatoms. The van der Waals surface area contributed by atoms with Crippen LogP contribution in [0.3, 0.4) is 0 Å². The molecule has 0 saturated heterocycles. The van der Waals surface area contributed by atoms with E-state index in [1.54, 1.807) is 16.8 Å². The van der Waals surface area contributed by atoms with E-state index in [9.17, 15) is 9.18 Å². The van der Waals surface area contributed by atoms with Crippen molar-refractivity contribution in [2.45, 2.75) is 26.4 Å². The number of halogens is 1. The summed E-state index contributed by atoms with van der Waals surface area (Å²) in [6.45, 7) is 4.28. The van der Waals surface area contributed by atoms with Crippen LogP contribution >= 0.6 is 0 Å². The summed E-state index contributed by atoms with van der Waals surface area (Å²) >= 11 is 0. The minimum absolute atomic E-state index is 0.104. The van der Waals surface area contributed by atoms with E-state index in [1.807, 2.05) is 24.3 Å². The molecule has 1 aliphatic rings. The second-order valence-electron chi connectivity index (χ2n) is 6.88. The molecule has 3 aromatic rings. The Morgan fingerprint density at radius 1 is 1.15 bits per heavy atom. The average molecular weight is 350 g/mol. The lowest BCUT2D eigenvalue weighted by Crippen LogP contribution is -2.32. The molecule has 0 fully saturated rings. The second kappa shape index (κ2) is 6.37. The van der Waals surface area contributed by atoms with Crippen LogP contribution in [0.1, 0.15) is 26.4 Å². The van der Waals surface area contributed by atoms with Crippen LogP contribution in [0.25, 0.3) is 22.6 Å². The van der Waals surface area contributed by atoms with Gasteiger partial charge >= 0.3 is 0 Å². The lowest BCUT2D eigenvalue weighted by Gasteiger charge is -2.31. The van der Waals surface area contributed by atoms with Crippen LogP contribution < -0.4 is 10.9 Å². The third-order valence-corrected chi connectivity index (χ3v) is 4.43. The zero-order valence-electron chi connectivity index (χ0n) is 14.6. The predicted octanol–water partition coefficient (Wildman–Crippen LogP) is 4.08. The van der Waals surface area contributed by atoms with Crippen molar-refractivity contribution in [3.63, 3.8) is 0 Å². The van der Waals surface area contributed by atoms with Crippen LogP contribution in [-0.2, 0) is 0 Å². The summed E-state index contributed by atoms with van der Waals surface area (Å²) in [5.41, 5.74) is 2.16. The highest BCUT2D eigenvalue weighted by atomic mass is 19.1. The third kappa shape index (κ3) is 2.87. The summed E-state index contributed by atoms with van der Waals surface area (Å²) in [5, 5.41) is 8.09. The van der Waals surface area contributed by atoms with Gasteiger partial charge in [-0.25, -0.2) is 9.07 Å². The van der Waals surface area contributed by atoms with E-state index in [-0.39, 0.29) is 17.7 Å². The van der Waals surface area contributed by atoms with E-state index in [2.05, 4.69) is 29.2 Å². The van der Waals surface area contributed by atoms with Crippen molar-refractivity contribution in [1.29, 1.82) is 0 Å². The molecular weight excluding hydrogens is 331 g/mol. The van der Waals surface area contributed by atoms with Crippen LogP contribution in [0.2, 0.25) is 0 Å². The number of nitrogens with zero attached hydrogens (tertiary/aromatic N) is 3. The Balaban J connectivity index is 1.91. The first-order valence-electron chi connectivity index (χ1n) is 8.65. The van der Waals surface area contributed by atoms with Crippen molar-refractivity contribution in [3.8, 4) is 22.6 Å². The normalized spacial score (nSPS) is 15.3. The molecule has 1 N–H and O–H groups in total. The van der Waals surface area contributed by atoms with Crippen LogP contribution in [0.5, 0.6) is 0 Å². The van der Waals surface area contributed by atoms with E-state index in [1.165, 1.54) is 12.1 Å². The van der Waals surface area contributed by atoms with E-state index >= 15 is 0 Å². The van der Waals surface area contributed by atoms with Crippen molar-refractivity contribution in [3.05, 3.63) is 64.7 Å². The lowest BCUT2D eigenvalue weighted by molar-refractivity contribution is 0.398. The van der Waals surface area contributed by atoms with Crippen molar-refractivity contribution in [2.24, 2.45) is 5.92 Å². The Morgan fingerprint density at radius 3 is 2.62 bits per heavy atom. The maximum atomic E-state index is 13.2. The molecule has 132 valence electrons. The fourth-order valence-electron chi connectivity index (χ4n) is 3.24. The fraction of sp³-hybridized carbons (Fsp3) is 0.250. The maximum Gasteiger partial charge on any atom is 0.300 e. The highest BCUT2D eigenvalue weighted by molar-refractivity contribution is 5.76. The zero-order valence-corrected chi connectivity index (χ0v) is 14.6. The van der Waals surface area contributed by atoms with Crippen LogP contribution in [0, 0.1) is 11.7 Å². The molecule has 1 aliphatic heterocycles. The summed E-state index contributed by atoms with van der Waals surface area (Å²) in [5.74, 6) is 0.634. The van der Waals surface area contributed by atoms with E-state index < -0.39 is 5.56 Å². The Bertz CT molecular complexity index is 1010. The van der Waals surface area contributed by atoms with Crippen molar-refractivity contribution >= 4 is 5.69 Å². The smallest absolute Gasteiger partial charge is 0.300 e. The molecule has 0 unspecified atom stereocenters. The summed E-state index contributed by atoms with van der Waals surface area (Å²) in [6, 6.07) is 13.5. The Kier molecular flexibility index (Phi) is 4.03. The molecule has 5 nitrogen and oxygen atoms in total. The second-order valence-corrected chi connectivity index (χ2v) is 6.88. The predicted molar refractivity (Wildman–Crippen MR) is 99.2 cm³/mol. The number of anilines is 1. The van der Waals surface area contributed by atoms with Crippen LogP contribution in [-0.4, -0.2) is 14.8 Å². The maximum absolute atomic E-state index is 13.2. The number of para-hydroxylation sites is 1. The number of rotatable bonds is 3. The molecule has 1 aromatic heterocycles. The highest BCUT2D eigenvalue weighted by Crippen LogP contribution is 2.35. The Labute approximate surface area is 150 Å². The third-order valence-electron chi connectivity index (χ3n) is 4.43. The topological polar surface area (TPSA) is 59.8 Å². The first-order valence-corrected chi connectivity index (χ1v) is 8.65. The van der Waals surface area contributed by atoms with Crippen molar-refractivity contribution in [2.75, 3.05) is 5.32 Å². The minimum Gasteiger partial charge on any atom is -0.363 e. The first kappa shape index (κ1) is 16.4. The summed E-state index contributed by atoms with van der Waals surface area (Å²) in [4.78, 5) is 16.9. The Hall–Kier alpha value is -3.02. The highest BCUT2D eigenvalue weighted by Gasteiger charge is 2.27. The standard InChI is InChI=1S/C20H19FN4O/c1-12(2)11-17-22-16-6-4-3-5-15(16)19-23-20(26)18(24-25(17)19)13-7-9-14(21)10-8-13/h3-10,12,17,22H,11H2,1-2H3/t17-/m1/s1. The number of hydrogen-bond donors (Lipinski definition) is 1. The minimum atomic E-state index is -0.414. The molecule has 0 aliphatic carbocycles. The lowest BCUT2D eigenvalue weighted by atomic mass is 10.0. The molecule has 4 rings (SSSR count). The van der Waals surface area contributed by atoms with Crippen molar-refractivity contribution < 1.29 is 4.39 Å². The number of hydrogen-bond acceptors (Lipinski definition) is 4. The van der Waals surface area contributed by atoms with Gasteiger partial charge in [-0.2, -0.15) is 10.1 Å². The van der Waals surface area contributed by atoms with Gasteiger partial charge in [-0.15, -0.1) is 0 Å². The number of fused-ring (bicyclic) bond motifs is 3. The average Bonchev–Trinajstić information content (AvgIpc) is 2.62. The SMILES string of the molecule is CC(C)C[C@@H]1Nc2ccccc2-c2nc(=O)c(-c3ccc(F)cc3)nn21. The van der Waals surface area contributed by atoms with Crippen LogP contribution in [0.15, 0.2) is 53.3 Å². The van der Waals surface area contributed by atoms with Gasteiger partial charge in [0.1, 0.15) is 12.0 Å². The molecule has 0 amide bonds. The van der Waals surface area contributed by atoms with Gasteiger partial charge in [0, 0.05) is 16.8 Å². The van der Waals surface area contributed by atoms with Gasteiger partial charge in [0.15, 0.2) is 11.5 Å². The number of aromatic nitrogens is 3. The Morgan fingerprint density at radius 2 is 1.88 bits per heavy atom. The fourth-order valence-corrected chi connectivity index (χ4v) is 3.24. The van der Waals surface area contributed by atoms with Gasteiger partial charge in [-0.3, -0.25) is 4.79 Å². The molecule has 2 heterocycles. The molecule has 0 radical (unpaired) electrons. The van der Waals surface area contributed by atoms with Gasteiger partial charge in [0.05, 0.1) is 0 Å². The molecule has 26 heavy (non-hydrogen) atoms.